The topological polar surface area (TPSA) is 68.5 Å². The van der Waals surface area contributed by atoms with Crippen molar-refractivity contribution in [1.29, 1.82) is 0 Å². The second-order valence-electron chi connectivity index (χ2n) is 8.58. The minimum Gasteiger partial charge on any atom is -0.497 e. The van der Waals surface area contributed by atoms with Gasteiger partial charge < -0.3 is 9.47 Å². The van der Waals surface area contributed by atoms with Crippen molar-refractivity contribution in [2.24, 2.45) is 0 Å². The van der Waals surface area contributed by atoms with Crippen LogP contribution in [0.15, 0.2) is 66.0 Å². The Morgan fingerprint density at radius 1 is 0.914 bits per heavy atom. The second-order valence-corrected chi connectivity index (χ2v) is 9.61. The Morgan fingerprint density at radius 2 is 1.74 bits per heavy atom. The summed E-state index contributed by atoms with van der Waals surface area (Å²) in [5.41, 5.74) is 2.38. The van der Waals surface area contributed by atoms with E-state index < -0.39 is 0 Å². The number of rotatable bonds is 9. The monoisotopic (exact) mass is 490 g/mol. The number of nitrogens with zero attached hydrogens (tertiary/aromatic N) is 6. The Morgan fingerprint density at radius 3 is 2.46 bits per heavy atom. The van der Waals surface area contributed by atoms with E-state index in [1.54, 1.807) is 25.6 Å². The van der Waals surface area contributed by atoms with Crippen LogP contribution >= 0.6 is 11.3 Å². The highest BCUT2D eigenvalue weighted by Crippen LogP contribution is 2.36. The number of ether oxygens (including phenoxy) is 2. The highest BCUT2D eigenvalue weighted by atomic mass is 32.1. The summed E-state index contributed by atoms with van der Waals surface area (Å²) in [6, 6.07) is 20.7. The van der Waals surface area contributed by atoms with Gasteiger partial charge in [-0.15, -0.1) is 16.4 Å². The van der Waals surface area contributed by atoms with E-state index >= 15 is 0 Å². The molecule has 0 saturated carbocycles. The normalized spacial score (nSPS) is 15.7. The predicted molar refractivity (Wildman–Crippen MR) is 136 cm³/mol. The summed E-state index contributed by atoms with van der Waals surface area (Å²) in [5.74, 6) is 2.35. The van der Waals surface area contributed by atoms with Crippen LogP contribution in [0.4, 0.5) is 0 Å². The maximum absolute atomic E-state index is 5.81. The van der Waals surface area contributed by atoms with E-state index in [9.17, 15) is 0 Å². The van der Waals surface area contributed by atoms with Gasteiger partial charge >= 0.3 is 0 Å². The van der Waals surface area contributed by atoms with Crippen molar-refractivity contribution < 1.29 is 9.47 Å². The summed E-state index contributed by atoms with van der Waals surface area (Å²) >= 11 is 1.71. The summed E-state index contributed by atoms with van der Waals surface area (Å²) in [7, 11) is 3.36. The first-order chi connectivity index (χ1) is 17.2. The maximum atomic E-state index is 5.81. The van der Waals surface area contributed by atoms with Gasteiger partial charge in [0, 0.05) is 49.2 Å². The van der Waals surface area contributed by atoms with E-state index in [-0.39, 0.29) is 6.04 Å². The molecule has 0 amide bonds. The zero-order chi connectivity index (χ0) is 24.0. The molecule has 3 heterocycles. The molecular weight excluding hydrogens is 460 g/mol. The molecule has 1 atom stereocenters. The summed E-state index contributed by atoms with van der Waals surface area (Å²) in [6.07, 6.45) is 0. The van der Waals surface area contributed by atoms with Crippen molar-refractivity contribution in [1.82, 2.24) is 30.0 Å². The molecule has 1 fully saturated rings. The van der Waals surface area contributed by atoms with Gasteiger partial charge in [0.05, 0.1) is 20.8 Å². The number of hydrogen-bond donors (Lipinski definition) is 0. The van der Waals surface area contributed by atoms with Crippen LogP contribution < -0.4 is 9.47 Å². The van der Waals surface area contributed by atoms with Crippen LogP contribution in [-0.2, 0) is 13.1 Å². The first kappa shape index (κ1) is 23.5. The SMILES string of the molecule is COc1ccc(C(c2nnnn2Cc2cccs2)N2CCN(Cc3ccccc3)CC2)c(OC)c1. The molecule has 4 aromatic rings. The van der Waals surface area contributed by atoms with Crippen LogP contribution in [0.2, 0.25) is 0 Å². The molecule has 35 heavy (non-hydrogen) atoms. The Balaban J connectivity index is 1.43. The highest BCUT2D eigenvalue weighted by molar-refractivity contribution is 7.09. The van der Waals surface area contributed by atoms with E-state index in [1.165, 1.54) is 10.4 Å². The predicted octanol–water partition coefficient (Wildman–Crippen LogP) is 3.71. The molecule has 1 aliphatic heterocycles. The van der Waals surface area contributed by atoms with E-state index in [0.29, 0.717) is 6.54 Å². The first-order valence-electron chi connectivity index (χ1n) is 11.8. The van der Waals surface area contributed by atoms with Crippen molar-refractivity contribution >= 4 is 11.3 Å². The quantitative estimate of drug-likeness (QED) is 0.354. The summed E-state index contributed by atoms with van der Waals surface area (Å²) in [4.78, 5) is 6.18. The Kier molecular flexibility index (Phi) is 7.37. The molecule has 2 aromatic carbocycles. The second kappa shape index (κ2) is 11.0. The van der Waals surface area contributed by atoms with Crippen LogP contribution in [-0.4, -0.2) is 70.4 Å². The van der Waals surface area contributed by atoms with Gasteiger partial charge in [0.1, 0.15) is 17.5 Å². The smallest absolute Gasteiger partial charge is 0.173 e. The van der Waals surface area contributed by atoms with E-state index in [0.717, 1.165) is 55.6 Å². The van der Waals surface area contributed by atoms with Gasteiger partial charge in [-0.3, -0.25) is 9.80 Å². The highest BCUT2D eigenvalue weighted by Gasteiger charge is 2.33. The zero-order valence-electron chi connectivity index (χ0n) is 20.1. The standard InChI is InChI=1S/C26H30N6O2S/c1-33-21-10-11-23(24(17-21)34-2)25(26-27-28-29-32(26)19-22-9-6-16-35-22)31-14-12-30(13-15-31)18-20-7-4-3-5-8-20/h3-11,16-17,25H,12-15,18-19H2,1-2H3. The lowest BCUT2D eigenvalue weighted by Gasteiger charge is -2.39. The Hall–Kier alpha value is -3.27. The average molecular weight is 491 g/mol. The summed E-state index contributed by atoms with van der Waals surface area (Å²) in [5, 5.41) is 15.0. The number of tetrazole rings is 1. The van der Waals surface area contributed by atoms with Gasteiger partial charge in [0.2, 0.25) is 0 Å². The molecule has 0 bridgehead atoms. The third kappa shape index (κ3) is 5.37. The number of thiophene rings is 1. The zero-order valence-corrected chi connectivity index (χ0v) is 20.9. The Labute approximate surface area is 209 Å². The van der Waals surface area contributed by atoms with Crippen LogP contribution in [0, 0.1) is 0 Å². The molecule has 1 unspecified atom stereocenters. The average Bonchev–Trinajstić information content (AvgIpc) is 3.59. The third-order valence-corrected chi connectivity index (χ3v) is 7.31. The molecular formula is C26H30N6O2S. The molecule has 0 aliphatic carbocycles. The van der Waals surface area contributed by atoms with Crippen LogP contribution in [0.5, 0.6) is 11.5 Å². The summed E-state index contributed by atoms with van der Waals surface area (Å²) in [6.45, 7) is 5.34. The van der Waals surface area contributed by atoms with Crippen molar-refractivity contribution in [2.45, 2.75) is 19.1 Å². The van der Waals surface area contributed by atoms with Gasteiger partial charge in [-0.05, 0) is 39.6 Å². The number of hydrogen-bond acceptors (Lipinski definition) is 8. The number of methoxy groups -OCH3 is 2. The first-order valence-corrected chi connectivity index (χ1v) is 12.6. The fourth-order valence-corrected chi connectivity index (χ4v) is 5.32. The number of benzene rings is 2. The van der Waals surface area contributed by atoms with Crippen LogP contribution in [0.25, 0.3) is 0 Å². The molecule has 0 spiro atoms. The molecule has 1 saturated heterocycles. The fourth-order valence-electron chi connectivity index (χ4n) is 4.63. The van der Waals surface area contributed by atoms with Gasteiger partial charge in [0.25, 0.3) is 0 Å². The molecule has 182 valence electrons. The molecule has 1 aliphatic rings. The van der Waals surface area contributed by atoms with Gasteiger partial charge in [-0.2, -0.15) is 0 Å². The lowest BCUT2D eigenvalue weighted by molar-refractivity contribution is 0.0993. The minimum absolute atomic E-state index is 0.135. The number of piperazine rings is 1. The Bertz CT molecular complexity index is 1210. The molecule has 0 N–H and O–H groups in total. The van der Waals surface area contributed by atoms with Crippen molar-refractivity contribution in [3.63, 3.8) is 0 Å². The molecule has 5 rings (SSSR count). The van der Waals surface area contributed by atoms with E-state index in [2.05, 4.69) is 79.2 Å². The van der Waals surface area contributed by atoms with Crippen LogP contribution in [0.1, 0.15) is 27.9 Å². The third-order valence-electron chi connectivity index (χ3n) is 6.45. The van der Waals surface area contributed by atoms with Crippen LogP contribution in [0.3, 0.4) is 0 Å². The van der Waals surface area contributed by atoms with Crippen molar-refractivity contribution in [2.75, 3.05) is 40.4 Å². The van der Waals surface area contributed by atoms with Crippen molar-refractivity contribution in [3.05, 3.63) is 87.9 Å². The van der Waals surface area contributed by atoms with Gasteiger partial charge in [0.15, 0.2) is 5.82 Å². The maximum Gasteiger partial charge on any atom is 0.173 e. The van der Waals surface area contributed by atoms with E-state index in [4.69, 9.17) is 9.47 Å². The lowest BCUT2D eigenvalue weighted by Crippen LogP contribution is -2.48. The van der Waals surface area contributed by atoms with Gasteiger partial charge in [-0.25, -0.2) is 4.68 Å². The minimum atomic E-state index is -0.135. The van der Waals surface area contributed by atoms with Crippen molar-refractivity contribution in [3.8, 4) is 11.5 Å². The molecule has 8 nitrogen and oxygen atoms in total. The van der Waals surface area contributed by atoms with Gasteiger partial charge in [-0.1, -0.05) is 36.4 Å². The van der Waals surface area contributed by atoms with E-state index in [1.807, 2.05) is 16.8 Å². The lowest BCUT2D eigenvalue weighted by atomic mass is 10.0. The number of aromatic nitrogens is 4. The largest absolute Gasteiger partial charge is 0.497 e. The molecule has 0 radical (unpaired) electrons. The molecule has 9 heteroatoms. The summed E-state index contributed by atoms with van der Waals surface area (Å²) < 4.78 is 13.2. The molecule has 2 aromatic heterocycles. The fraction of sp³-hybridized carbons (Fsp3) is 0.346.